The van der Waals surface area contributed by atoms with E-state index in [0.717, 1.165) is 12.1 Å². The van der Waals surface area contributed by atoms with E-state index in [-0.39, 0.29) is 12.5 Å². The molecule has 1 aliphatic rings. The normalized spacial score (nSPS) is 14.2. The van der Waals surface area contributed by atoms with Crippen LogP contribution >= 0.6 is 0 Å². The Morgan fingerprint density at radius 3 is 1.79 bits per heavy atom. The minimum atomic E-state index is -1.14. The van der Waals surface area contributed by atoms with Gasteiger partial charge in [-0.05, 0) is 30.0 Å². The fraction of sp³-hybridized carbons (Fsp3) is 0.300. The molecule has 1 amide bonds. The Bertz CT molecular complexity index is 1000. The lowest BCUT2D eigenvalue weighted by molar-refractivity contribution is -0.117. The number of amides is 1. The standard InChI is InChI=1S/C16H20Si.C14H17NO2/c1-16(2,3)17(14-10-6-4-7-11-14)15-12-8-5-9-13-15;16-11-9-12-6-7-14(17)15(10-8-12)13-4-2-1-3-5-13/h4-13,17H,1-3H3;1-6,16H,7-11H2. The molecule has 0 aromatic heterocycles. The molecule has 0 spiro atoms. The number of aliphatic hydroxyl groups excluding tert-OH is 1. The van der Waals surface area contributed by atoms with E-state index in [9.17, 15) is 4.79 Å². The van der Waals surface area contributed by atoms with Crippen molar-refractivity contribution in [2.24, 2.45) is 0 Å². The van der Waals surface area contributed by atoms with Crippen LogP contribution in [0.4, 0.5) is 5.69 Å². The number of rotatable bonds is 5. The van der Waals surface area contributed by atoms with E-state index in [0.29, 0.717) is 24.4 Å². The number of aliphatic hydroxyl groups is 1. The Morgan fingerprint density at radius 2 is 1.32 bits per heavy atom. The van der Waals surface area contributed by atoms with Gasteiger partial charge in [-0.3, -0.25) is 4.79 Å². The molecule has 0 bridgehead atoms. The molecule has 0 saturated carbocycles. The van der Waals surface area contributed by atoms with E-state index in [1.807, 2.05) is 41.3 Å². The number of anilines is 1. The fourth-order valence-electron chi connectivity index (χ4n) is 4.56. The molecule has 1 N–H and O–H groups in total. The summed E-state index contributed by atoms with van der Waals surface area (Å²) in [5, 5.41) is 12.4. The van der Waals surface area contributed by atoms with Gasteiger partial charge in [0.2, 0.25) is 5.91 Å². The predicted octanol–water partition coefficient (Wildman–Crippen LogP) is 4.95. The van der Waals surface area contributed by atoms with Gasteiger partial charge in [-0.25, -0.2) is 0 Å². The summed E-state index contributed by atoms with van der Waals surface area (Å²) < 4.78 is 0. The first-order valence-corrected chi connectivity index (χ1v) is 13.9. The molecule has 0 unspecified atom stereocenters. The molecule has 34 heavy (non-hydrogen) atoms. The number of hydrogen-bond donors (Lipinski definition) is 1. The van der Waals surface area contributed by atoms with Crippen LogP contribution in [0.3, 0.4) is 0 Å². The zero-order valence-corrected chi connectivity index (χ0v) is 21.8. The van der Waals surface area contributed by atoms with Gasteiger partial charge in [0.05, 0.1) is 0 Å². The average Bonchev–Trinajstić information content (AvgIpc) is 3.02. The Kier molecular flexibility index (Phi) is 9.43. The molecule has 1 heterocycles. The summed E-state index contributed by atoms with van der Waals surface area (Å²) in [6, 6.07) is 31.7. The lowest BCUT2D eigenvalue weighted by Gasteiger charge is -2.30. The molecule has 0 fully saturated rings. The Balaban J connectivity index is 0.000000191. The molecule has 4 rings (SSSR count). The van der Waals surface area contributed by atoms with Gasteiger partial charge in [0.1, 0.15) is 8.80 Å². The van der Waals surface area contributed by atoms with Crippen LogP contribution in [0.15, 0.2) is 103 Å². The van der Waals surface area contributed by atoms with Crippen LogP contribution in [0.2, 0.25) is 5.04 Å². The molecule has 0 aliphatic carbocycles. The van der Waals surface area contributed by atoms with Crippen molar-refractivity contribution in [2.45, 2.75) is 45.1 Å². The van der Waals surface area contributed by atoms with Gasteiger partial charge in [0, 0.05) is 25.3 Å². The largest absolute Gasteiger partial charge is 0.396 e. The van der Waals surface area contributed by atoms with Crippen LogP contribution in [0.25, 0.3) is 0 Å². The highest BCUT2D eigenvalue weighted by Crippen LogP contribution is 2.26. The third-order valence-electron chi connectivity index (χ3n) is 6.16. The summed E-state index contributed by atoms with van der Waals surface area (Å²) >= 11 is 0. The maximum atomic E-state index is 12.0. The number of benzene rings is 3. The van der Waals surface area contributed by atoms with E-state index in [1.165, 1.54) is 15.9 Å². The topological polar surface area (TPSA) is 40.5 Å². The van der Waals surface area contributed by atoms with E-state index >= 15 is 0 Å². The fourth-order valence-corrected chi connectivity index (χ4v) is 8.16. The molecule has 4 heteroatoms. The quantitative estimate of drug-likeness (QED) is 0.422. The number of nitrogens with zero attached hydrogens (tertiary/aromatic N) is 1. The van der Waals surface area contributed by atoms with E-state index < -0.39 is 8.80 Å². The number of hydrogen-bond acceptors (Lipinski definition) is 2. The maximum Gasteiger partial charge on any atom is 0.230 e. The van der Waals surface area contributed by atoms with Crippen molar-refractivity contribution in [3.8, 4) is 0 Å². The SMILES string of the molecule is CC(C)(C)[SiH](c1ccccc1)c1ccccc1.O=C1CC=C(CCO)CCN1c1ccccc1. The summed E-state index contributed by atoms with van der Waals surface area (Å²) in [5.74, 6) is 0.129. The van der Waals surface area contributed by atoms with Gasteiger partial charge < -0.3 is 10.0 Å². The Hall–Kier alpha value is -2.95. The lowest BCUT2D eigenvalue weighted by Crippen LogP contribution is -2.48. The second-order valence-corrected chi connectivity index (χ2v) is 13.7. The molecule has 3 aromatic rings. The highest BCUT2D eigenvalue weighted by atomic mass is 28.3. The van der Waals surface area contributed by atoms with E-state index in [1.54, 1.807) is 0 Å². The van der Waals surface area contributed by atoms with Gasteiger partial charge in [-0.1, -0.05) is 122 Å². The summed E-state index contributed by atoms with van der Waals surface area (Å²) in [5.41, 5.74) is 2.13. The van der Waals surface area contributed by atoms with Gasteiger partial charge in [-0.15, -0.1) is 0 Å². The highest BCUT2D eigenvalue weighted by molar-refractivity contribution is 6.87. The van der Waals surface area contributed by atoms with Crippen molar-refractivity contribution in [3.05, 3.63) is 103 Å². The Labute approximate surface area is 206 Å². The summed E-state index contributed by atoms with van der Waals surface area (Å²) in [7, 11) is -1.14. The van der Waals surface area contributed by atoms with Crippen LogP contribution in [0.5, 0.6) is 0 Å². The van der Waals surface area contributed by atoms with Crippen LogP contribution in [-0.2, 0) is 4.79 Å². The minimum absolute atomic E-state index is 0.129. The predicted molar refractivity (Wildman–Crippen MR) is 147 cm³/mol. The molecule has 0 atom stereocenters. The van der Waals surface area contributed by atoms with Crippen molar-refractivity contribution in [1.29, 1.82) is 0 Å². The molecule has 0 saturated heterocycles. The molecule has 0 radical (unpaired) electrons. The number of carbonyl (C=O) groups excluding carboxylic acids is 1. The second kappa shape index (κ2) is 12.5. The van der Waals surface area contributed by atoms with Gasteiger partial charge >= 0.3 is 0 Å². The first kappa shape index (κ1) is 25.7. The average molecular weight is 472 g/mol. The maximum absolute atomic E-state index is 12.0. The lowest BCUT2D eigenvalue weighted by atomic mass is 10.1. The molecule has 3 aromatic carbocycles. The first-order chi connectivity index (χ1) is 16.4. The van der Waals surface area contributed by atoms with Crippen molar-refractivity contribution >= 4 is 30.8 Å². The van der Waals surface area contributed by atoms with Crippen molar-refractivity contribution in [2.75, 3.05) is 18.1 Å². The number of carbonyl (C=O) groups is 1. The molecular formula is C30H37NO2Si. The zero-order valence-electron chi connectivity index (χ0n) is 20.7. The summed E-state index contributed by atoms with van der Waals surface area (Å²) in [6.07, 6.45) is 3.92. The van der Waals surface area contributed by atoms with Crippen LogP contribution in [-0.4, -0.2) is 33.0 Å². The van der Waals surface area contributed by atoms with Crippen molar-refractivity contribution < 1.29 is 9.90 Å². The zero-order chi connectivity index (χ0) is 24.4. The second-order valence-electron chi connectivity index (χ2n) is 9.79. The highest BCUT2D eigenvalue weighted by Gasteiger charge is 2.29. The van der Waals surface area contributed by atoms with Crippen molar-refractivity contribution in [3.63, 3.8) is 0 Å². The van der Waals surface area contributed by atoms with Crippen LogP contribution < -0.4 is 15.3 Å². The molecule has 3 nitrogen and oxygen atoms in total. The third-order valence-corrected chi connectivity index (χ3v) is 9.99. The van der Waals surface area contributed by atoms with Gasteiger partial charge in [0.25, 0.3) is 0 Å². The first-order valence-electron chi connectivity index (χ1n) is 12.1. The van der Waals surface area contributed by atoms with Crippen molar-refractivity contribution in [1.82, 2.24) is 0 Å². The monoisotopic (exact) mass is 471 g/mol. The summed E-state index contributed by atoms with van der Waals surface area (Å²) in [6.45, 7) is 7.96. The number of para-hydroxylation sites is 1. The molecular weight excluding hydrogens is 434 g/mol. The molecule has 1 aliphatic heterocycles. The van der Waals surface area contributed by atoms with Gasteiger partial charge in [-0.2, -0.15) is 0 Å². The van der Waals surface area contributed by atoms with E-state index in [4.69, 9.17) is 5.11 Å². The summed E-state index contributed by atoms with van der Waals surface area (Å²) in [4.78, 5) is 13.8. The minimum Gasteiger partial charge on any atom is -0.396 e. The van der Waals surface area contributed by atoms with Crippen LogP contribution in [0, 0.1) is 0 Å². The molecule has 178 valence electrons. The smallest absolute Gasteiger partial charge is 0.230 e. The van der Waals surface area contributed by atoms with E-state index in [2.05, 4.69) is 81.4 Å². The third kappa shape index (κ3) is 7.27. The van der Waals surface area contributed by atoms with Gasteiger partial charge in [0.15, 0.2) is 0 Å². The Morgan fingerprint density at radius 1 is 0.824 bits per heavy atom. The van der Waals surface area contributed by atoms with Crippen LogP contribution in [0.1, 0.15) is 40.0 Å².